The van der Waals surface area contributed by atoms with Crippen molar-refractivity contribution in [3.05, 3.63) is 0 Å². The van der Waals surface area contributed by atoms with Crippen molar-refractivity contribution >= 4 is 94.6 Å². The fourth-order valence-electron chi connectivity index (χ4n) is 16.1. The van der Waals surface area contributed by atoms with E-state index in [1.54, 1.807) is 0 Å². The van der Waals surface area contributed by atoms with Crippen LogP contribution in [0.4, 0.5) is 0 Å². The van der Waals surface area contributed by atoms with Crippen LogP contribution in [-0.2, 0) is 76.7 Å². The first-order valence-electron chi connectivity index (χ1n) is 53.6. The number of nitrogens with one attached hydrogen (secondary N) is 15. The Labute approximate surface area is 859 Å². The van der Waals surface area contributed by atoms with E-state index in [2.05, 4.69) is 79.8 Å². The molecule has 840 valence electrons. The van der Waals surface area contributed by atoms with Crippen LogP contribution in [0.15, 0.2) is 0 Å². The SMILES string of the molecule is NCCCC[C@H](NC(=O)[C@H](CCCCN)NC(=O)[C@H](CCCCN)NC(=O)[C@H](CCCCN)NC(=O)[C@H](CCCCN)NC(=O)[C@H](CCCCN)NC(=O)[C@H](CCCCN)NC(=O)[C@H](CCCCN)NC(=O)[C@H](CCCCN)NC(=O)[C@H](CCCCN)NC(=O)[C@H](CCCCN)NC(=O)[C@H](CCCCN)NC(=O)[C@H](CCCCN)NC(=O)[C@H](CCCCN)NC(=O)[C@H](CCCCN)NC(=O)[C@@H](N)CCCCN)C(=O)O. The van der Waals surface area contributed by atoms with Crippen molar-refractivity contribution in [2.75, 3.05) is 105 Å². The van der Waals surface area contributed by atoms with Crippen molar-refractivity contribution in [3.8, 4) is 0 Å². The van der Waals surface area contributed by atoms with Crippen molar-refractivity contribution < 1.29 is 81.8 Å². The predicted molar refractivity (Wildman–Crippen MR) is 561 cm³/mol. The van der Waals surface area contributed by atoms with Gasteiger partial charge in [0.05, 0.1) is 6.04 Å². The topological polar surface area (TPSA) is 916 Å². The molecule has 0 unspecified atom stereocenters. The second-order valence-corrected chi connectivity index (χ2v) is 37.4. The zero-order valence-corrected chi connectivity index (χ0v) is 86.8. The van der Waals surface area contributed by atoms with Crippen molar-refractivity contribution in [2.45, 2.75) is 405 Å². The number of carbonyl (C=O) groups excluding carboxylic acids is 15. The highest BCUT2D eigenvalue weighted by molar-refractivity contribution is 6.01. The third-order valence-corrected chi connectivity index (χ3v) is 25.0. The molecule has 0 aliphatic carbocycles. The number of unbranched alkanes of at least 4 members (excludes halogenated alkanes) is 16. The molecule has 0 rings (SSSR count). The normalized spacial score (nSPS) is 14.7. The first-order valence-corrected chi connectivity index (χ1v) is 53.6. The largest absolute Gasteiger partial charge is 0.480 e. The molecule has 0 heterocycles. The summed E-state index contributed by atoms with van der Waals surface area (Å²) in [6, 6.07) is -20.9. The van der Waals surface area contributed by atoms with Gasteiger partial charge in [0.25, 0.3) is 0 Å². The molecular weight excluding hydrogens is 1870 g/mol. The Kier molecular flexibility index (Phi) is 82.3. The van der Waals surface area contributed by atoms with E-state index in [0.717, 1.165) is 0 Å². The van der Waals surface area contributed by atoms with E-state index in [1.165, 1.54) is 0 Å². The summed E-state index contributed by atoms with van der Waals surface area (Å²) < 4.78 is 0. The van der Waals surface area contributed by atoms with Crippen LogP contribution in [0.2, 0.25) is 0 Å². The molecule has 0 saturated heterocycles. The van der Waals surface area contributed by atoms with Gasteiger partial charge in [0.2, 0.25) is 88.6 Å². The van der Waals surface area contributed by atoms with Gasteiger partial charge in [0.1, 0.15) is 90.6 Å². The lowest BCUT2D eigenvalue weighted by atomic mass is 10.0. The van der Waals surface area contributed by atoms with E-state index >= 15 is 24.0 Å². The van der Waals surface area contributed by atoms with Gasteiger partial charge in [-0.05, 0) is 406 Å². The van der Waals surface area contributed by atoms with Gasteiger partial charge >= 0.3 is 5.97 Å². The minimum absolute atomic E-state index is 0.00147. The van der Waals surface area contributed by atoms with Crippen LogP contribution in [0.25, 0.3) is 0 Å². The van der Waals surface area contributed by atoms with E-state index in [4.69, 9.17) is 97.5 Å². The first-order chi connectivity index (χ1) is 69.8. The number of carboxylic acid groups (broad SMARTS) is 1. The highest BCUT2D eigenvalue weighted by Crippen LogP contribution is 2.19. The number of aliphatic carboxylic acids is 1. The summed E-state index contributed by atoms with van der Waals surface area (Å²) in [5, 5.41) is 51.7. The van der Waals surface area contributed by atoms with E-state index < -0.39 is 191 Å². The number of carbonyl (C=O) groups is 16. The van der Waals surface area contributed by atoms with E-state index in [1.807, 2.05) is 0 Å². The maximum absolute atomic E-state index is 15.1. The van der Waals surface area contributed by atoms with Gasteiger partial charge in [0.15, 0.2) is 0 Å². The molecular formula is C96H194N32O17. The summed E-state index contributed by atoms with van der Waals surface area (Å²) in [5.74, 6) is -13.0. The zero-order valence-electron chi connectivity index (χ0n) is 86.8. The highest BCUT2D eigenvalue weighted by Gasteiger charge is 2.40. The fraction of sp³-hybridized carbons (Fsp3) is 0.833. The molecule has 0 aliphatic heterocycles. The molecule has 0 bridgehead atoms. The summed E-state index contributed by atoms with van der Waals surface area (Å²) in [6.07, 6.45) is 13.0. The standard InChI is InChI=1S/C96H194N32O17/c97-49-17-1-33-65(113)81(129)114-66(34-2-18-50-98)82(130)115-67(35-3-19-51-99)83(131)116-68(36-4-20-52-100)84(132)117-69(37-5-21-53-101)85(133)118-70(38-6-22-54-102)86(134)119-71(39-7-23-55-103)87(135)120-72(40-8-24-56-104)88(136)121-73(41-9-25-57-105)89(137)122-74(42-10-26-58-106)90(138)123-75(43-11-27-59-107)91(139)124-76(44-12-28-60-108)92(140)125-77(45-13-29-61-109)93(141)126-78(46-14-30-62-110)94(142)127-79(47-15-31-63-111)95(143)128-80(96(144)145)48-16-32-64-112/h65-80H,1-64,97-113H2,(H,114,129)(H,115,130)(H,116,131)(H,117,132)(H,118,133)(H,119,134)(H,120,135)(H,121,136)(H,122,137)(H,123,138)(H,124,139)(H,125,140)(H,126,141)(H,127,142)(H,128,143)(H,144,145)/t65-,66-,67-,68-,69-,70-,71-,72-,73-,74-,75-,76-,77-,78-,79-,80-/m0/s1. The zero-order chi connectivity index (χ0) is 108. The second kappa shape index (κ2) is 87.8. The molecule has 16 atom stereocenters. The molecule has 0 saturated carbocycles. The van der Waals surface area contributed by atoms with Crippen LogP contribution in [0.3, 0.4) is 0 Å². The third kappa shape index (κ3) is 62.7. The Bertz CT molecular complexity index is 3490. The molecule has 0 aromatic heterocycles. The van der Waals surface area contributed by atoms with E-state index in [9.17, 15) is 57.8 Å². The molecule has 49 heteroatoms. The molecule has 0 aliphatic rings. The van der Waals surface area contributed by atoms with Crippen molar-refractivity contribution in [3.63, 3.8) is 0 Å². The van der Waals surface area contributed by atoms with Crippen LogP contribution in [-0.4, -0.2) is 301 Å². The molecule has 49 nitrogen and oxygen atoms in total. The molecule has 0 fully saturated rings. The molecule has 0 aromatic rings. The van der Waals surface area contributed by atoms with Gasteiger partial charge in [-0.2, -0.15) is 0 Å². The number of hydrogen-bond acceptors (Lipinski definition) is 33. The van der Waals surface area contributed by atoms with Gasteiger partial charge in [-0.1, -0.05) is 6.42 Å². The van der Waals surface area contributed by atoms with Crippen molar-refractivity contribution in [1.29, 1.82) is 0 Å². The maximum atomic E-state index is 15.1. The minimum Gasteiger partial charge on any atom is -0.480 e. The quantitative estimate of drug-likeness (QED) is 0.0252. The fourth-order valence-corrected chi connectivity index (χ4v) is 16.1. The predicted octanol–water partition coefficient (Wildman–Crippen LogP) is -6.27. The second-order valence-electron chi connectivity index (χ2n) is 37.4. The number of carboxylic acids is 1. The van der Waals surface area contributed by atoms with Crippen LogP contribution in [0, 0.1) is 0 Å². The van der Waals surface area contributed by atoms with E-state index in [-0.39, 0.29) is 213 Å². The summed E-state index contributed by atoms with van der Waals surface area (Å²) in [4.78, 5) is 232. The van der Waals surface area contributed by atoms with Gasteiger partial charge in [-0.3, -0.25) is 71.9 Å². The maximum Gasteiger partial charge on any atom is 0.326 e. The van der Waals surface area contributed by atoms with Gasteiger partial charge < -0.3 is 182 Å². The van der Waals surface area contributed by atoms with Crippen molar-refractivity contribution in [2.24, 2.45) is 97.5 Å². The number of hydrogen-bond donors (Lipinski definition) is 33. The molecule has 0 aromatic carbocycles. The summed E-state index contributed by atoms with van der Waals surface area (Å²) in [6.45, 7) is 3.81. The molecule has 0 radical (unpaired) electrons. The Morgan fingerprint density at radius 1 is 0.131 bits per heavy atom. The van der Waals surface area contributed by atoms with Gasteiger partial charge in [-0.25, -0.2) is 4.79 Å². The van der Waals surface area contributed by atoms with Crippen LogP contribution < -0.4 is 177 Å². The van der Waals surface area contributed by atoms with Crippen LogP contribution in [0.1, 0.15) is 308 Å². The molecule has 15 amide bonds. The lowest BCUT2D eigenvalue weighted by Gasteiger charge is -2.29. The monoisotopic (exact) mass is 2070 g/mol. The number of nitrogens with two attached hydrogens (primary N) is 17. The van der Waals surface area contributed by atoms with E-state index in [0.29, 0.717) is 199 Å². The average Bonchev–Trinajstić information content (AvgIpc) is 0.848. The molecule has 50 N–H and O–H groups in total. The highest BCUT2D eigenvalue weighted by atomic mass is 16.4. The Hall–Kier alpha value is -9.16. The third-order valence-electron chi connectivity index (χ3n) is 25.0. The Morgan fingerprint density at radius 3 is 0.310 bits per heavy atom. The lowest BCUT2D eigenvalue weighted by Crippen LogP contribution is -2.61. The molecule has 145 heavy (non-hydrogen) atoms. The van der Waals surface area contributed by atoms with Gasteiger partial charge in [-0.15, -0.1) is 0 Å². The van der Waals surface area contributed by atoms with Gasteiger partial charge in [0, 0.05) is 0 Å². The smallest absolute Gasteiger partial charge is 0.326 e. The lowest BCUT2D eigenvalue weighted by molar-refractivity contribution is -0.142. The Balaban J connectivity index is 7.79. The minimum atomic E-state index is -1.40. The summed E-state index contributed by atoms with van der Waals surface area (Å²) in [7, 11) is 0. The number of amides is 15. The number of rotatable bonds is 95. The van der Waals surface area contributed by atoms with Crippen molar-refractivity contribution in [1.82, 2.24) is 79.8 Å². The first kappa shape index (κ1) is 136. The average molecular weight is 2070 g/mol. The summed E-state index contributed by atoms with van der Waals surface area (Å²) >= 11 is 0. The molecule has 0 spiro atoms. The summed E-state index contributed by atoms with van der Waals surface area (Å²) in [5.41, 5.74) is 100. The van der Waals surface area contributed by atoms with Crippen LogP contribution >= 0.6 is 0 Å². The van der Waals surface area contributed by atoms with Crippen LogP contribution in [0.5, 0.6) is 0 Å². The Morgan fingerprint density at radius 2 is 0.214 bits per heavy atom.